The van der Waals surface area contributed by atoms with Crippen LogP contribution in [0.5, 0.6) is 0 Å². The molecule has 12 atom stereocenters. The number of nitrogens with one attached hydrogen (secondary N) is 1. The Morgan fingerprint density at radius 2 is 1.02 bits per heavy atom. The summed E-state index contributed by atoms with van der Waals surface area (Å²) in [4.78, 5) is 13.1. The van der Waals surface area contributed by atoms with E-state index in [-0.39, 0.29) is 18.9 Å². The standard InChI is InChI=1S/C51H91NO13/c1-3-5-7-9-11-13-14-15-16-17-18-19-20-21-22-23-24-25-26-27-29-31-33-35-43(56)52-39(40(55)34-32-30-28-12-10-8-6-4-2)38-62-50-48(61)46(59)49(42(37-54)64-50)65-51-47(60)45(58)44(57)41(36-53)63-51/h14-15,17-18,20-21,32,34,39-42,44-51,53-55,57-61H,3-13,16,19,22-31,33,35-38H2,1-2H3,(H,52,56)/b15-14-,18-17-,21-20-,34-32+. The average molecular weight is 926 g/mol. The first-order chi connectivity index (χ1) is 31.6. The van der Waals surface area contributed by atoms with Gasteiger partial charge >= 0.3 is 0 Å². The van der Waals surface area contributed by atoms with Crippen LogP contribution in [-0.2, 0) is 23.7 Å². The Hall–Kier alpha value is -2.05. The molecule has 2 aliphatic heterocycles. The SMILES string of the molecule is CCCCCCC/C=C\C/C=C\C/C=C\CCCCCCCCCCC(=O)NC(COC1OC(CO)C(OC2OC(CO)C(O)C(O)C2O)C(O)C1O)C(O)/C=C/CCCCCCCC. The molecule has 2 saturated heterocycles. The van der Waals surface area contributed by atoms with Crippen molar-refractivity contribution in [2.75, 3.05) is 19.8 Å². The van der Waals surface area contributed by atoms with Gasteiger partial charge in [0.15, 0.2) is 12.6 Å². The summed E-state index contributed by atoms with van der Waals surface area (Å²) in [5, 5.41) is 86.4. The van der Waals surface area contributed by atoms with Gasteiger partial charge in [-0.15, -0.1) is 0 Å². The number of unbranched alkanes of at least 4 members (excludes halogenated alkanes) is 19. The molecule has 0 spiro atoms. The zero-order valence-electron chi connectivity index (χ0n) is 40.0. The number of hydrogen-bond donors (Lipinski definition) is 9. The summed E-state index contributed by atoms with van der Waals surface area (Å²) >= 11 is 0. The van der Waals surface area contributed by atoms with E-state index in [1.165, 1.54) is 83.5 Å². The summed E-state index contributed by atoms with van der Waals surface area (Å²) in [5.74, 6) is -0.253. The zero-order chi connectivity index (χ0) is 47.5. The largest absolute Gasteiger partial charge is 0.394 e. The Morgan fingerprint density at radius 3 is 1.55 bits per heavy atom. The molecule has 14 nitrogen and oxygen atoms in total. The normalized spacial score (nSPS) is 27.4. The number of aliphatic hydroxyl groups is 8. The maximum atomic E-state index is 13.1. The van der Waals surface area contributed by atoms with Gasteiger partial charge in [0.25, 0.3) is 0 Å². The number of aliphatic hydroxyl groups excluding tert-OH is 8. The molecule has 9 N–H and O–H groups in total. The highest BCUT2D eigenvalue weighted by molar-refractivity contribution is 5.76. The lowest BCUT2D eigenvalue weighted by Crippen LogP contribution is -2.65. The molecule has 2 rings (SSSR count). The van der Waals surface area contributed by atoms with Crippen LogP contribution in [0, 0.1) is 0 Å². The molecule has 1 amide bonds. The van der Waals surface area contributed by atoms with Crippen LogP contribution in [0.3, 0.4) is 0 Å². The molecule has 2 fully saturated rings. The minimum atomic E-state index is -1.79. The predicted octanol–water partition coefficient (Wildman–Crippen LogP) is 6.49. The maximum absolute atomic E-state index is 13.1. The van der Waals surface area contributed by atoms with Crippen LogP contribution in [0.4, 0.5) is 0 Å². The number of amides is 1. The van der Waals surface area contributed by atoms with Crippen LogP contribution in [0.1, 0.15) is 174 Å². The molecule has 65 heavy (non-hydrogen) atoms. The molecular weight excluding hydrogens is 835 g/mol. The van der Waals surface area contributed by atoms with Gasteiger partial charge in [0.05, 0.1) is 32.0 Å². The van der Waals surface area contributed by atoms with Crippen molar-refractivity contribution in [2.45, 2.75) is 248 Å². The van der Waals surface area contributed by atoms with Crippen molar-refractivity contribution in [3.63, 3.8) is 0 Å². The van der Waals surface area contributed by atoms with Crippen LogP contribution >= 0.6 is 0 Å². The Bertz CT molecular complexity index is 1280. The minimum Gasteiger partial charge on any atom is -0.394 e. The fourth-order valence-corrected chi connectivity index (χ4v) is 8.06. The molecule has 0 aromatic rings. The van der Waals surface area contributed by atoms with Crippen molar-refractivity contribution in [2.24, 2.45) is 0 Å². The number of carbonyl (C=O) groups excluding carboxylic acids is 1. The summed E-state index contributed by atoms with van der Waals surface area (Å²) in [6.07, 6.45) is 27.5. The number of allylic oxidation sites excluding steroid dienone is 7. The van der Waals surface area contributed by atoms with Crippen molar-refractivity contribution >= 4 is 5.91 Å². The van der Waals surface area contributed by atoms with Gasteiger partial charge in [0.1, 0.15) is 48.8 Å². The van der Waals surface area contributed by atoms with Gasteiger partial charge in [0.2, 0.25) is 5.91 Å². The van der Waals surface area contributed by atoms with Crippen LogP contribution in [0.25, 0.3) is 0 Å². The van der Waals surface area contributed by atoms with E-state index < -0.39 is 86.8 Å². The Balaban J connectivity index is 1.76. The predicted molar refractivity (Wildman–Crippen MR) is 254 cm³/mol. The van der Waals surface area contributed by atoms with Crippen molar-refractivity contribution in [1.29, 1.82) is 0 Å². The first kappa shape index (κ1) is 59.1. The van der Waals surface area contributed by atoms with E-state index in [4.69, 9.17) is 18.9 Å². The third-order valence-corrected chi connectivity index (χ3v) is 12.3. The molecule has 0 aromatic carbocycles. The van der Waals surface area contributed by atoms with Gasteiger partial charge < -0.3 is 65.1 Å². The van der Waals surface area contributed by atoms with Gasteiger partial charge in [0, 0.05) is 6.42 Å². The number of ether oxygens (including phenoxy) is 4. The monoisotopic (exact) mass is 926 g/mol. The summed E-state index contributed by atoms with van der Waals surface area (Å²) in [6.45, 7) is 2.70. The molecule has 2 aliphatic rings. The highest BCUT2D eigenvalue weighted by Gasteiger charge is 2.51. The molecular formula is C51H91NO13. The molecule has 12 unspecified atom stereocenters. The van der Waals surface area contributed by atoms with Crippen molar-refractivity contribution < 1.29 is 64.6 Å². The first-order valence-corrected chi connectivity index (χ1v) is 25.4. The summed E-state index contributed by atoms with van der Waals surface area (Å²) in [6, 6.07) is -0.916. The van der Waals surface area contributed by atoms with Crippen LogP contribution < -0.4 is 5.32 Å². The van der Waals surface area contributed by atoms with Gasteiger partial charge in [-0.3, -0.25) is 4.79 Å². The smallest absolute Gasteiger partial charge is 0.220 e. The van der Waals surface area contributed by atoms with E-state index >= 15 is 0 Å². The zero-order valence-corrected chi connectivity index (χ0v) is 40.0. The molecule has 0 saturated carbocycles. The Kier molecular flexibility index (Phi) is 34.4. The van der Waals surface area contributed by atoms with Crippen molar-refractivity contribution in [3.8, 4) is 0 Å². The highest BCUT2D eigenvalue weighted by Crippen LogP contribution is 2.30. The molecule has 2 heterocycles. The second kappa shape index (κ2) is 37.9. The van der Waals surface area contributed by atoms with Gasteiger partial charge in [-0.25, -0.2) is 0 Å². The third-order valence-electron chi connectivity index (χ3n) is 12.3. The Labute approximate surface area is 391 Å². The number of carbonyl (C=O) groups is 1. The Morgan fingerprint density at radius 1 is 0.554 bits per heavy atom. The molecule has 0 aliphatic carbocycles. The molecule has 14 heteroatoms. The summed E-state index contributed by atoms with van der Waals surface area (Å²) in [5.41, 5.74) is 0. The average Bonchev–Trinajstić information content (AvgIpc) is 3.30. The van der Waals surface area contributed by atoms with E-state index in [0.29, 0.717) is 6.42 Å². The lowest BCUT2D eigenvalue weighted by molar-refractivity contribution is -0.359. The van der Waals surface area contributed by atoms with Gasteiger partial charge in [-0.2, -0.15) is 0 Å². The summed E-state index contributed by atoms with van der Waals surface area (Å²) in [7, 11) is 0. The van der Waals surface area contributed by atoms with Crippen LogP contribution in [0.15, 0.2) is 48.6 Å². The maximum Gasteiger partial charge on any atom is 0.220 e. The summed E-state index contributed by atoms with van der Waals surface area (Å²) < 4.78 is 22.6. The van der Waals surface area contributed by atoms with Crippen molar-refractivity contribution in [3.05, 3.63) is 48.6 Å². The second-order valence-corrected chi connectivity index (χ2v) is 17.9. The van der Waals surface area contributed by atoms with Crippen molar-refractivity contribution in [1.82, 2.24) is 5.32 Å². The first-order valence-electron chi connectivity index (χ1n) is 25.4. The quantitative estimate of drug-likeness (QED) is 0.0239. The number of rotatable bonds is 38. The third kappa shape index (κ3) is 25.2. The molecule has 0 aromatic heterocycles. The molecule has 378 valence electrons. The lowest BCUT2D eigenvalue weighted by atomic mass is 9.97. The van der Waals surface area contributed by atoms with E-state index in [9.17, 15) is 45.6 Å². The van der Waals surface area contributed by atoms with Crippen LogP contribution in [0.2, 0.25) is 0 Å². The second-order valence-electron chi connectivity index (χ2n) is 17.9. The minimum absolute atomic E-state index is 0.253. The number of hydrogen-bond acceptors (Lipinski definition) is 13. The van der Waals surface area contributed by atoms with E-state index in [2.05, 4.69) is 55.6 Å². The van der Waals surface area contributed by atoms with E-state index in [1.807, 2.05) is 6.08 Å². The lowest BCUT2D eigenvalue weighted by Gasteiger charge is -2.46. The van der Waals surface area contributed by atoms with Gasteiger partial charge in [-0.1, -0.05) is 159 Å². The highest BCUT2D eigenvalue weighted by atomic mass is 16.7. The molecule has 0 bridgehead atoms. The van der Waals surface area contributed by atoms with E-state index in [0.717, 1.165) is 64.2 Å². The molecule has 0 radical (unpaired) electrons. The van der Waals surface area contributed by atoms with Gasteiger partial charge in [-0.05, 0) is 57.8 Å². The fourth-order valence-electron chi connectivity index (χ4n) is 8.06. The fraction of sp³-hybridized carbons (Fsp3) is 0.824. The van der Waals surface area contributed by atoms with Crippen LogP contribution in [-0.4, -0.2) is 140 Å². The van der Waals surface area contributed by atoms with E-state index in [1.54, 1.807) is 6.08 Å². The topological polar surface area (TPSA) is 228 Å².